The van der Waals surface area contributed by atoms with Crippen molar-refractivity contribution in [1.82, 2.24) is 10.2 Å². The van der Waals surface area contributed by atoms with Crippen LogP contribution in [-0.2, 0) is 28.7 Å². The van der Waals surface area contributed by atoms with Crippen LogP contribution in [0.3, 0.4) is 0 Å². The van der Waals surface area contributed by atoms with Gasteiger partial charge in [-0.15, -0.1) is 0 Å². The lowest BCUT2D eigenvalue weighted by Crippen LogP contribution is -2.58. The molecule has 1 unspecified atom stereocenters. The number of amides is 2. The maximum Gasteiger partial charge on any atom is 0.375 e. The third-order valence-corrected chi connectivity index (χ3v) is 5.15. The van der Waals surface area contributed by atoms with Gasteiger partial charge >= 0.3 is 5.97 Å². The van der Waals surface area contributed by atoms with Crippen molar-refractivity contribution in [3.8, 4) is 0 Å². The molecule has 0 aromatic carbocycles. The van der Waals surface area contributed by atoms with Crippen LogP contribution in [0.5, 0.6) is 0 Å². The standard InChI is InChI=1S/C19H32N2O6S/c1-8-21(9-2)17(25)15(20-16(24)12(4)5)19(6,7)28-14(23)11-13(22)18(26)27-10-3/h12,15H,8-11H2,1-7H3,(H,20,24). The summed E-state index contributed by atoms with van der Waals surface area (Å²) in [7, 11) is 0. The molecule has 9 heteroatoms. The molecule has 0 heterocycles. The zero-order valence-corrected chi connectivity index (χ0v) is 18.6. The fourth-order valence-electron chi connectivity index (χ4n) is 2.36. The molecule has 160 valence electrons. The zero-order valence-electron chi connectivity index (χ0n) is 17.8. The Labute approximate surface area is 171 Å². The van der Waals surface area contributed by atoms with Crippen LogP contribution >= 0.6 is 11.8 Å². The number of thioether (sulfide) groups is 1. The van der Waals surface area contributed by atoms with E-state index in [-0.39, 0.29) is 24.3 Å². The summed E-state index contributed by atoms with van der Waals surface area (Å²) in [6.07, 6.45) is -0.628. The normalized spacial score (nSPS) is 12.3. The Morgan fingerprint density at radius 1 is 1.04 bits per heavy atom. The predicted molar refractivity (Wildman–Crippen MR) is 108 cm³/mol. The summed E-state index contributed by atoms with van der Waals surface area (Å²) in [5, 5.41) is 2.16. The van der Waals surface area contributed by atoms with Crippen molar-refractivity contribution in [2.45, 2.75) is 65.7 Å². The number of carbonyl (C=O) groups is 5. The highest BCUT2D eigenvalue weighted by Crippen LogP contribution is 2.31. The van der Waals surface area contributed by atoms with E-state index in [4.69, 9.17) is 0 Å². The van der Waals surface area contributed by atoms with Gasteiger partial charge in [-0.2, -0.15) is 0 Å². The lowest BCUT2D eigenvalue weighted by Gasteiger charge is -2.36. The van der Waals surface area contributed by atoms with Crippen LogP contribution in [0.15, 0.2) is 0 Å². The average Bonchev–Trinajstić information content (AvgIpc) is 2.59. The summed E-state index contributed by atoms with van der Waals surface area (Å²) in [5.74, 6) is -2.95. The number of Topliss-reactive ketones (excluding diaryl/α,β-unsaturated/α-hetero) is 1. The molecule has 0 saturated carbocycles. The minimum atomic E-state index is -1.06. The molecule has 28 heavy (non-hydrogen) atoms. The first-order chi connectivity index (χ1) is 12.9. The summed E-state index contributed by atoms with van der Waals surface area (Å²) in [4.78, 5) is 62.3. The number of likely N-dealkylation sites (N-methyl/N-ethyl adjacent to an activating group) is 1. The topological polar surface area (TPSA) is 110 Å². The lowest BCUT2D eigenvalue weighted by molar-refractivity contribution is -0.154. The summed E-state index contributed by atoms with van der Waals surface area (Å²) in [6.45, 7) is 12.9. The molecule has 1 N–H and O–H groups in total. The molecule has 0 rings (SSSR count). The van der Waals surface area contributed by atoms with Gasteiger partial charge in [-0.05, 0) is 34.6 Å². The number of nitrogens with zero attached hydrogens (tertiary/aromatic N) is 1. The first-order valence-corrected chi connectivity index (χ1v) is 10.2. The summed E-state index contributed by atoms with van der Waals surface area (Å²) < 4.78 is 3.56. The van der Waals surface area contributed by atoms with Crippen LogP contribution in [0.2, 0.25) is 0 Å². The van der Waals surface area contributed by atoms with Crippen molar-refractivity contribution < 1.29 is 28.7 Å². The van der Waals surface area contributed by atoms with Gasteiger partial charge in [0.2, 0.25) is 17.6 Å². The van der Waals surface area contributed by atoms with Crippen LogP contribution in [0, 0.1) is 5.92 Å². The third-order valence-electron chi connectivity index (χ3n) is 4.01. The molecule has 0 aliphatic carbocycles. The van der Waals surface area contributed by atoms with E-state index < -0.39 is 34.1 Å². The molecule has 0 aromatic rings. The number of rotatable bonds is 11. The van der Waals surface area contributed by atoms with E-state index in [9.17, 15) is 24.0 Å². The van der Waals surface area contributed by atoms with E-state index in [1.807, 2.05) is 13.8 Å². The number of nitrogens with one attached hydrogen (secondary N) is 1. The monoisotopic (exact) mass is 416 g/mol. The lowest BCUT2D eigenvalue weighted by atomic mass is 10.0. The largest absolute Gasteiger partial charge is 0.460 e. The molecular weight excluding hydrogens is 384 g/mol. The second-order valence-corrected chi connectivity index (χ2v) is 8.72. The summed E-state index contributed by atoms with van der Waals surface area (Å²) in [5.41, 5.74) is 0. The Bertz CT molecular complexity index is 599. The van der Waals surface area contributed by atoms with Gasteiger partial charge in [0.05, 0.1) is 13.0 Å². The van der Waals surface area contributed by atoms with Crippen LogP contribution in [0.4, 0.5) is 0 Å². The molecule has 1 atom stereocenters. The fraction of sp³-hybridized carbons (Fsp3) is 0.737. The van der Waals surface area contributed by atoms with Crippen molar-refractivity contribution >= 4 is 40.4 Å². The first-order valence-electron chi connectivity index (χ1n) is 9.42. The molecule has 0 fully saturated rings. The van der Waals surface area contributed by atoms with Gasteiger partial charge in [-0.1, -0.05) is 25.6 Å². The highest BCUT2D eigenvalue weighted by Gasteiger charge is 2.41. The minimum absolute atomic E-state index is 0.0408. The summed E-state index contributed by atoms with van der Waals surface area (Å²) in [6, 6.07) is -0.964. The molecule has 8 nitrogen and oxygen atoms in total. The van der Waals surface area contributed by atoms with Gasteiger partial charge in [-0.3, -0.25) is 19.2 Å². The van der Waals surface area contributed by atoms with Gasteiger partial charge in [0, 0.05) is 23.8 Å². The third kappa shape index (κ3) is 8.00. The molecule has 0 aliphatic rings. The van der Waals surface area contributed by atoms with Gasteiger partial charge in [0.1, 0.15) is 6.04 Å². The summed E-state index contributed by atoms with van der Waals surface area (Å²) >= 11 is 0.764. The maximum absolute atomic E-state index is 13.0. The second kappa shape index (κ2) is 11.8. The molecule has 0 radical (unpaired) electrons. The number of hydrogen-bond donors (Lipinski definition) is 1. The first kappa shape index (κ1) is 26.1. The van der Waals surface area contributed by atoms with Crippen LogP contribution in [0.1, 0.15) is 54.9 Å². The Hall–Kier alpha value is -1.90. The number of carbonyl (C=O) groups excluding carboxylic acids is 5. The van der Waals surface area contributed by atoms with E-state index >= 15 is 0 Å². The molecule has 2 amide bonds. The Kier molecular flexibility index (Phi) is 11.0. The number of ether oxygens (including phenoxy) is 1. The van der Waals surface area contributed by atoms with E-state index in [0.717, 1.165) is 11.8 Å². The quantitative estimate of drug-likeness (QED) is 0.309. The minimum Gasteiger partial charge on any atom is -0.460 e. The highest BCUT2D eigenvalue weighted by atomic mass is 32.2. The van der Waals surface area contributed by atoms with Crippen LogP contribution < -0.4 is 5.32 Å². The smallest absolute Gasteiger partial charge is 0.375 e. The molecule has 0 bridgehead atoms. The van der Waals surface area contributed by atoms with Crippen molar-refractivity contribution in [3.63, 3.8) is 0 Å². The van der Waals surface area contributed by atoms with Crippen LogP contribution in [-0.4, -0.2) is 64.1 Å². The highest BCUT2D eigenvalue weighted by molar-refractivity contribution is 8.14. The van der Waals surface area contributed by atoms with Gasteiger partial charge in [0.15, 0.2) is 5.12 Å². The van der Waals surface area contributed by atoms with Gasteiger partial charge < -0.3 is 15.0 Å². The number of ketones is 1. The Morgan fingerprint density at radius 2 is 1.57 bits per heavy atom. The van der Waals surface area contributed by atoms with Crippen LogP contribution in [0.25, 0.3) is 0 Å². The van der Waals surface area contributed by atoms with Gasteiger partial charge in [-0.25, -0.2) is 4.79 Å². The van der Waals surface area contributed by atoms with Crippen molar-refractivity contribution in [3.05, 3.63) is 0 Å². The van der Waals surface area contributed by atoms with E-state index in [2.05, 4.69) is 10.1 Å². The average molecular weight is 417 g/mol. The molecule has 0 saturated heterocycles. The molecule has 0 aliphatic heterocycles. The van der Waals surface area contributed by atoms with E-state index in [1.165, 1.54) is 0 Å². The molecular formula is C19H32N2O6S. The predicted octanol–water partition coefficient (Wildman–Crippen LogP) is 1.56. The number of esters is 1. The maximum atomic E-state index is 13.0. The van der Waals surface area contributed by atoms with Gasteiger partial charge in [0.25, 0.3) is 0 Å². The van der Waals surface area contributed by atoms with Crippen molar-refractivity contribution in [2.24, 2.45) is 5.92 Å². The van der Waals surface area contributed by atoms with E-state index in [0.29, 0.717) is 13.1 Å². The van der Waals surface area contributed by atoms with Crippen molar-refractivity contribution in [2.75, 3.05) is 19.7 Å². The fourth-order valence-corrected chi connectivity index (χ4v) is 3.43. The zero-order chi connectivity index (χ0) is 22.1. The molecule has 0 aromatic heterocycles. The van der Waals surface area contributed by atoms with E-state index in [1.54, 1.807) is 39.5 Å². The Balaban J connectivity index is 5.45. The SMILES string of the molecule is CCOC(=O)C(=O)CC(=O)SC(C)(C)C(NC(=O)C(C)C)C(=O)N(CC)CC. The number of hydrogen-bond acceptors (Lipinski definition) is 7. The van der Waals surface area contributed by atoms with Crippen molar-refractivity contribution in [1.29, 1.82) is 0 Å². The molecule has 0 spiro atoms. The Morgan fingerprint density at radius 3 is 2.00 bits per heavy atom. The second-order valence-electron chi connectivity index (χ2n) is 7.00.